The number of aromatic nitrogens is 1. The maximum Gasteiger partial charge on any atom is 0.248 e. The second-order valence-corrected chi connectivity index (χ2v) is 6.34. The van der Waals surface area contributed by atoms with Crippen LogP contribution in [0.4, 0.5) is 5.13 Å². The van der Waals surface area contributed by atoms with Gasteiger partial charge in [0.25, 0.3) is 0 Å². The summed E-state index contributed by atoms with van der Waals surface area (Å²) >= 11 is 1.38. The first kappa shape index (κ1) is 17.7. The van der Waals surface area contributed by atoms with E-state index in [-0.39, 0.29) is 11.8 Å². The zero-order chi connectivity index (χ0) is 17.5. The van der Waals surface area contributed by atoms with Gasteiger partial charge in [-0.15, -0.1) is 11.3 Å². The number of aryl methyl sites for hydroxylation is 1. The molecule has 1 aromatic carbocycles. The number of hydrogen-bond donors (Lipinski definition) is 2. The van der Waals surface area contributed by atoms with E-state index in [1.165, 1.54) is 17.4 Å². The van der Waals surface area contributed by atoms with Crippen LogP contribution >= 0.6 is 11.3 Å². The molecule has 24 heavy (non-hydrogen) atoms. The SMILES string of the molecule is COc1ccc(/C=C/C(=O)NC(C)C(=O)Nc2ncc(C)s2)cc1. The summed E-state index contributed by atoms with van der Waals surface area (Å²) in [6, 6.07) is 6.63. The Labute approximate surface area is 144 Å². The Balaban J connectivity index is 1.85. The fourth-order valence-corrected chi connectivity index (χ4v) is 2.51. The first-order valence-corrected chi connectivity index (χ1v) is 8.15. The molecule has 1 atom stereocenters. The van der Waals surface area contributed by atoms with Crippen molar-refractivity contribution < 1.29 is 14.3 Å². The molecule has 1 unspecified atom stereocenters. The largest absolute Gasteiger partial charge is 0.497 e. The third-order valence-corrected chi connectivity index (χ3v) is 3.97. The van der Waals surface area contributed by atoms with Crippen molar-refractivity contribution in [2.45, 2.75) is 19.9 Å². The molecule has 0 bridgehead atoms. The molecule has 2 aromatic rings. The highest BCUT2D eigenvalue weighted by molar-refractivity contribution is 7.15. The van der Waals surface area contributed by atoms with Gasteiger partial charge in [-0.05, 0) is 37.6 Å². The molecule has 0 aliphatic carbocycles. The van der Waals surface area contributed by atoms with E-state index in [9.17, 15) is 9.59 Å². The standard InChI is InChI=1S/C17H19N3O3S/c1-11-10-18-17(24-11)20-16(22)12(2)19-15(21)9-6-13-4-7-14(23-3)8-5-13/h4-10,12H,1-3H3,(H,19,21)(H,18,20,22)/b9-6+. The molecule has 0 aliphatic heterocycles. The molecule has 7 heteroatoms. The predicted molar refractivity (Wildman–Crippen MR) is 95.1 cm³/mol. The average Bonchev–Trinajstić information content (AvgIpc) is 2.98. The molecule has 2 rings (SSSR count). The first-order chi connectivity index (χ1) is 11.5. The number of methoxy groups -OCH3 is 1. The molecular weight excluding hydrogens is 326 g/mol. The topological polar surface area (TPSA) is 80.3 Å². The van der Waals surface area contributed by atoms with Crippen molar-refractivity contribution in [2.75, 3.05) is 12.4 Å². The number of hydrogen-bond acceptors (Lipinski definition) is 5. The molecular formula is C17H19N3O3S. The second-order valence-electron chi connectivity index (χ2n) is 5.10. The zero-order valence-corrected chi connectivity index (χ0v) is 14.5. The van der Waals surface area contributed by atoms with Gasteiger partial charge in [-0.1, -0.05) is 12.1 Å². The zero-order valence-electron chi connectivity index (χ0n) is 13.7. The summed E-state index contributed by atoms with van der Waals surface area (Å²) in [4.78, 5) is 29.0. The average molecular weight is 345 g/mol. The highest BCUT2D eigenvalue weighted by atomic mass is 32.1. The predicted octanol–water partition coefficient (Wildman–Crippen LogP) is 2.62. The Kier molecular flexibility index (Phi) is 6.08. The minimum atomic E-state index is -0.665. The number of benzene rings is 1. The third-order valence-electron chi connectivity index (χ3n) is 3.15. The van der Waals surface area contributed by atoms with Crippen molar-refractivity contribution in [3.8, 4) is 5.75 Å². The molecule has 2 N–H and O–H groups in total. The number of nitrogens with zero attached hydrogens (tertiary/aromatic N) is 1. The van der Waals surface area contributed by atoms with E-state index in [1.807, 2.05) is 31.2 Å². The molecule has 0 spiro atoms. The second kappa shape index (κ2) is 8.26. The normalized spacial score (nSPS) is 12.0. The molecule has 0 aliphatic rings. The van der Waals surface area contributed by atoms with E-state index < -0.39 is 6.04 Å². The van der Waals surface area contributed by atoms with Gasteiger partial charge in [0.05, 0.1) is 7.11 Å². The summed E-state index contributed by atoms with van der Waals surface area (Å²) in [5.41, 5.74) is 0.862. The third kappa shape index (κ3) is 5.20. The summed E-state index contributed by atoms with van der Waals surface area (Å²) in [6.45, 7) is 3.53. The molecule has 0 radical (unpaired) electrons. The molecule has 0 saturated heterocycles. The Morgan fingerprint density at radius 2 is 2.00 bits per heavy atom. The summed E-state index contributed by atoms with van der Waals surface area (Å²) in [5.74, 6) is 0.0960. The maximum absolute atomic E-state index is 12.0. The highest BCUT2D eigenvalue weighted by Gasteiger charge is 2.15. The number of carbonyl (C=O) groups excluding carboxylic acids is 2. The van der Waals surface area contributed by atoms with Crippen molar-refractivity contribution in [3.63, 3.8) is 0 Å². The number of thiazole rings is 1. The Morgan fingerprint density at radius 3 is 2.58 bits per heavy atom. The van der Waals surface area contributed by atoms with Crippen LogP contribution in [0, 0.1) is 6.92 Å². The van der Waals surface area contributed by atoms with Crippen LogP contribution < -0.4 is 15.4 Å². The number of amides is 2. The van der Waals surface area contributed by atoms with Gasteiger partial charge in [-0.25, -0.2) is 4.98 Å². The van der Waals surface area contributed by atoms with Gasteiger partial charge in [-0.2, -0.15) is 0 Å². The van der Waals surface area contributed by atoms with Crippen LogP contribution in [0.5, 0.6) is 5.75 Å². The first-order valence-electron chi connectivity index (χ1n) is 7.34. The van der Waals surface area contributed by atoms with Crippen LogP contribution in [0.3, 0.4) is 0 Å². The Bertz CT molecular complexity index is 738. The van der Waals surface area contributed by atoms with Crippen molar-refractivity contribution in [1.29, 1.82) is 0 Å². The van der Waals surface area contributed by atoms with Gasteiger partial charge in [0.1, 0.15) is 11.8 Å². The van der Waals surface area contributed by atoms with E-state index in [0.717, 1.165) is 16.2 Å². The molecule has 0 saturated carbocycles. The highest BCUT2D eigenvalue weighted by Crippen LogP contribution is 2.16. The van der Waals surface area contributed by atoms with Gasteiger partial charge < -0.3 is 15.4 Å². The van der Waals surface area contributed by atoms with E-state index in [1.54, 1.807) is 26.3 Å². The lowest BCUT2D eigenvalue weighted by Crippen LogP contribution is -2.40. The van der Waals surface area contributed by atoms with Gasteiger partial charge in [-0.3, -0.25) is 9.59 Å². The van der Waals surface area contributed by atoms with Crippen molar-refractivity contribution in [1.82, 2.24) is 10.3 Å². The van der Waals surface area contributed by atoms with E-state index in [4.69, 9.17) is 4.74 Å². The number of ether oxygens (including phenoxy) is 1. The summed E-state index contributed by atoms with van der Waals surface area (Å²) in [5, 5.41) is 5.80. The molecule has 1 aromatic heterocycles. The number of rotatable bonds is 6. The van der Waals surface area contributed by atoms with Crippen LogP contribution in [0.15, 0.2) is 36.5 Å². The van der Waals surface area contributed by atoms with Crippen LogP contribution in [-0.4, -0.2) is 29.9 Å². The van der Waals surface area contributed by atoms with E-state index in [0.29, 0.717) is 5.13 Å². The fourth-order valence-electron chi connectivity index (χ4n) is 1.84. The van der Waals surface area contributed by atoms with Crippen LogP contribution in [-0.2, 0) is 9.59 Å². The fraction of sp³-hybridized carbons (Fsp3) is 0.235. The summed E-state index contributed by atoms with van der Waals surface area (Å²) in [6.07, 6.45) is 4.74. The Hall–Kier alpha value is -2.67. The van der Waals surface area contributed by atoms with E-state index >= 15 is 0 Å². The van der Waals surface area contributed by atoms with Crippen LogP contribution in [0.2, 0.25) is 0 Å². The number of nitrogens with one attached hydrogen (secondary N) is 2. The van der Waals surface area contributed by atoms with Gasteiger partial charge in [0, 0.05) is 17.2 Å². The van der Waals surface area contributed by atoms with Gasteiger partial charge in [0.2, 0.25) is 11.8 Å². The minimum absolute atomic E-state index is 0.310. The number of carbonyl (C=O) groups is 2. The van der Waals surface area contributed by atoms with Gasteiger partial charge >= 0.3 is 0 Å². The van der Waals surface area contributed by atoms with Crippen molar-refractivity contribution in [2.24, 2.45) is 0 Å². The van der Waals surface area contributed by atoms with Gasteiger partial charge in [0.15, 0.2) is 5.13 Å². The molecule has 126 valence electrons. The van der Waals surface area contributed by atoms with E-state index in [2.05, 4.69) is 15.6 Å². The molecule has 6 nitrogen and oxygen atoms in total. The lowest BCUT2D eigenvalue weighted by atomic mass is 10.2. The lowest BCUT2D eigenvalue weighted by molar-refractivity contribution is -0.123. The van der Waals surface area contributed by atoms with Crippen molar-refractivity contribution in [3.05, 3.63) is 47.0 Å². The summed E-state index contributed by atoms with van der Waals surface area (Å²) in [7, 11) is 1.59. The Morgan fingerprint density at radius 1 is 1.29 bits per heavy atom. The minimum Gasteiger partial charge on any atom is -0.497 e. The molecule has 0 fully saturated rings. The smallest absolute Gasteiger partial charge is 0.248 e. The quantitative estimate of drug-likeness (QED) is 0.789. The molecule has 2 amide bonds. The summed E-state index contributed by atoms with van der Waals surface area (Å²) < 4.78 is 5.07. The van der Waals surface area contributed by atoms with Crippen molar-refractivity contribution >= 4 is 34.4 Å². The monoisotopic (exact) mass is 345 g/mol. The lowest BCUT2D eigenvalue weighted by Gasteiger charge is -2.11. The maximum atomic E-state index is 12.0. The molecule has 1 heterocycles. The van der Waals surface area contributed by atoms with Crippen LogP contribution in [0.1, 0.15) is 17.4 Å². The van der Waals surface area contributed by atoms with Crippen LogP contribution in [0.25, 0.3) is 6.08 Å². The number of anilines is 1.